The fourth-order valence-electron chi connectivity index (χ4n) is 12.7. The van der Waals surface area contributed by atoms with Gasteiger partial charge in [0.15, 0.2) is 12.5 Å². The molecule has 18 nitrogen and oxygen atoms in total. The molecule has 7 aliphatic rings. The molecule has 0 heterocycles. The molecule has 18 heteroatoms. The predicted molar refractivity (Wildman–Crippen MR) is 310 cm³/mol. The minimum Gasteiger partial charge on any atom is -0.491 e. The topological polar surface area (TPSA) is 245 Å². The van der Waals surface area contributed by atoms with Crippen LogP contribution in [0.2, 0.25) is 0 Å². The first-order chi connectivity index (χ1) is 40.0. The van der Waals surface area contributed by atoms with Crippen LogP contribution in [0.4, 0.5) is 9.59 Å². The summed E-state index contributed by atoms with van der Waals surface area (Å²) >= 11 is 0. The van der Waals surface area contributed by atoms with Gasteiger partial charge >= 0.3 is 36.1 Å². The van der Waals surface area contributed by atoms with Crippen molar-refractivity contribution in [3.05, 3.63) is 132 Å². The van der Waals surface area contributed by atoms with E-state index in [-0.39, 0.29) is 76.6 Å². The number of ketones is 1. The average Bonchev–Trinajstić information content (AvgIpc) is 2.91. The number of ether oxygens (including phenoxy) is 3. The predicted octanol–water partition coefficient (Wildman–Crippen LogP) is 11.0. The summed E-state index contributed by atoms with van der Waals surface area (Å²) in [6.07, 6.45) is 36.2. The van der Waals surface area contributed by atoms with Gasteiger partial charge in [0.1, 0.15) is 19.0 Å². The summed E-state index contributed by atoms with van der Waals surface area (Å²) in [5, 5.41) is 17.7. The molecule has 0 aliphatic heterocycles. The molecule has 0 aromatic heterocycles. The highest BCUT2D eigenvalue weighted by Gasteiger charge is 2.50. The number of aldehydes is 1. The molecule has 9 atom stereocenters. The Bertz CT molecular complexity index is 2810. The van der Waals surface area contributed by atoms with E-state index >= 15 is 0 Å². The Morgan fingerprint density at radius 1 is 0.643 bits per heavy atom. The van der Waals surface area contributed by atoms with Crippen LogP contribution in [0.15, 0.2) is 132 Å². The minimum atomic E-state index is -1.31. The van der Waals surface area contributed by atoms with Gasteiger partial charge < -0.3 is 29.4 Å². The highest BCUT2D eigenvalue weighted by molar-refractivity contribution is 6.01. The van der Waals surface area contributed by atoms with Gasteiger partial charge in [-0.25, -0.2) is 48.3 Å². The van der Waals surface area contributed by atoms with Crippen LogP contribution in [0, 0.1) is 64.1 Å². The molecule has 7 aliphatic carbocycles. The summed E-state index contributed by atoms with van der Waals surface area (Å²) in [6, 6.07) is 0. The van der Waals surface area contributed by atoms with Gasteiger partial charge in [-0.2, -0.15) is 0 Å². The zero-order valence-electron chi connectivity index (χ0n) is 49.4. The molecule has 0 aromatic carbocycles. The second kappa shape index (κ2) is 29.0. The first-order valence-corrected chi connectivity index (χ1v) is 29.6. The summed E-state index contributed by atoms with van der Waals surface area (Å²) < 4.78 is 16.3. The number of aliphatic hydroxyl groups is 1. The van der Waals surface area contributed by atoms with Crippen LogP contribution >= 0.6 is 0 Å². The number of carbonyl (C=O) groups excluding carboxylic acids is 8. The molecule has 0 aromatic rings. The van der Waals surface area contributed by atoms with E-state index in [2.05, 4.69) is 97.7 Å². The lowest BCUT2D eigenvalue weighted by Gasteiger charge is -2.47. The number of nitrogens with one attached hydrogen (secondary N) is 2. The fraction of sp³-hybridized carbons (Fsp3) is 0.545. The van der Waals surface area contributed by atoms with Crippen LogP contribution in [0.5, 0.6) is 0 Å². The molecule has 454 valence electrons. The van der Waals surface area contributed by atoms with Crippen LogP contribution < -0.4 is 10.6 Å². The van der Waals surface area contributed by atoms with Crippen LogP contribution in [0.1, 0.15) is 131 Å². The molecule has 1 fully saturated rings. The zero-order valence-corrected chi connectivity index (χ0v) is 49.4. The number of hydrogen-bond donors (Lipinski definition) is 3. The van der Waals surface area contributed by atoms with Gasteiger partial charge in [0, 0.05) is 40.9 Å². The summed E-state index contributed by atoms with van der Waals surface area (Å²) in [5.74, 6) is -3.33. The normalized spacial score (nSPS) is 27.3. The third-order valence-electron chi connectivity index (χ3n) is 18.3. The van der Waals surface area contributed by atoms with Gasteiger partial charge in [-0.3, -0.25) is 10.1 Å². The first kappa shape index (κ1) is 64.2. The number of rotatable bonds is 21. The molecule has 0 spiro atoms. The molecule has 7 rings (SSSR count). The van der Waals surface area contributed by atoms with Crippen molar-refractivity contribution in [3.63, 3.8) is 0 Å². The van der Waals surface area contributed by atoms with E-state index in [4.69, 9.17) is 24.0 Å². The van der Waals surface area contributed by atoms with Crippen LogP contribution in [0.25, 0.3) is 0 Å². The van der Waals surface area contributed by atoms with Gasteiger partial charge in [0.25, 0.3) is 0 Å². The minimum absolute atomic E-state index is 0.0449. The maximum absolute atomic E-state index is 13.9. The second-order valence-corrected chi connectivity index (χ2v) is 24.5. The Morgan fingerprint density at radius 2 is 1.31 bits per heavy atom. The van der Waals surface area contributed by atoms with Crippen molar-refractivity contribution >= 4 is 48.1 Å². The van der Waals surface area contributed by atoms with Gasteiger partial charge in [0.2, 0.25) is 0 Å². The van der Waals surface area contributed by atoms with E-state index in [1.54, 1.807) is 6.08 Å². The average molecular weight is 1160 g/mol. The summed E-state index contributed by atoms with van der Waals surface area (Å²) in [4.78, 5) is 118. The molecule has 0 radical (unpaired) electrons. The second-order valence-electron chi connectivity index (χ2n) is 24.5. The fourth-order valence-corrected chi connectivity index (χ4v) is 12.7. The quantitative estimate of drug-likeness (QED) is 0.0141. The number of carbonyl (C=O) groups is 8. The number of allylic oxidation sites excluding steroid dienone is 13. The summed E-state index contributed by atoms with van der Waals surface area (Å²) in [5.41, 5.74) is 1.17. The molecule has 0 saturated heterocycles. The van der Waals surface area contributed by atoms with E-state index in [0.29, 0.717) is 75.7 Å². The molecule has 84 heavy (non-hydrogen) atoms. The third-order valence-corrected chi connectivity index (χ3v) is 18.3. The summed E-state index contributed by atoms with van der Waals surface area (Å²) in [7, 11) is 0. The Morgan fingerprint density at radius 3 is 1.92 bits per heavy atom. The van der Waals surface area contributed by atoms with E-state index in [9.17, 15) is 43.5 Å². The molecule has 3 N–H and O–H groups in total. The lowest BCUT2D eigenvalue weighted by atomic mass is 9.60. The van der Waals surface area contributed by atoms with E-state index in [0.717, 1.165) is 48.9 Å². The number of hydrogen-bond acceptors (Lipinski definition) is 16. The lowest BCUT2D eigenvalue weighted by Crippen LogP contribution is -2.50. The van der Waals surface area contributed by atoms with Crippen molar-refractivity contribution in [3.8, 4) is 0 Å². The lowest BCUT2D eigenvalue weighted by molar-refractivity contribution is -0.238. The van der Waals surface area contributed by atoms with Crippen LogP contribution in [0.3, 0.4) is 0 Å². The number of amides is 2. The molecule has 9 unspecified atom stereocenters. The van der Waals surface area contributed by atoms with Gasteiger partial charge in [-0.05, 0) is 155 Å². The van der Waals surface area contributed by atoms with Gasteiger partial charge in [0.05, 0.1) is 29.7 Å². The van der Waals surface area contributed by atoms with Crippen molar-refractivity contribution in [1.29, 1.82) is 0 Å². The number of Topliss-reactive ketones (excluding diaryl/α,β-unsaturated/α-hetero) is 1. The maximum atomic E-state index is 13.9. The van der Waals surface area contributed by atoms with E-state index < -0.39 is 66.1 Å². The molecular formula is C66H84N2O16. The zero-order chi connectivity index (χ0) is 60.8. The molecule has 0 bridgehead atoms. The van der Waals surface area contributed by atoms with Crippen molar-refractivity contribution in [2.75, 3.05) is 19.9 Å². The van der Waals surface area contributed by atoms with E-state index in [1.807, 2.05) is 42.5 Å². The SMILES string of the molecule is C=C(C)C(=O)OCCNC(=O)OOC(=O)C1C=CC(C(C)(C)C2C=CC(C(O)(C3CC=C(OC4C=CC(C(=O)C5=CCC(C(C)(C)C6CCC(C(=O)OOC(=O)NCOC(=O)C(=C)C)CC6)C=C5)CC4)CC3)C3C=CCCC3C=O)=CC2)=CC1. The monoisotopic (exact) mass is 1160 g/mol. The van der Waals surface area contributed by atoms with Crippen molar-refractivity contribution in [2.24, 2.45) is 64.1 Å². The van der Waals surface area contributed by atoms with Crippen LogP contribution in [-0.2, 0) is 62.5 Å². The molecule has 2 amide bonds. The standard InChI is InChI=1S/C66H84N2O16/c1-41(2)58(71)78-38-37-67-62(75)83-81-60(73)45-17-25-50(26-18-45)65(7,8)51-27-29-52(30-28-51)66(77,56-12-10-9-11-47(56)39-69)53-31-35-55(36-32-53)80-54-33-19-44(20-34-54)57(70)43-13-21-48(22-14-43)64(5,6)49-23-15-46(16-24-49)61(74)82-84-63(76)68-40-79-59(72)42(3)4/h10,12-14,17,19,21,25-27,29-30,33,35,39,44-49,51,53-54,56,77H,1,3,9,11,15-16,18,20,22-24,28,31-32,34,36-38,40H2,2,4-8H3,(H,67,75)(H,68,76). The Balaban J connectivity index is 0.868. The highest BCUT2D eigenvalue weighted by Crippen LogP contribution is 2.51. The van der Waals surface area contributed by atoms with Crippen molar-refractivity contribution < 1.29 is 77.2 Å². The number of esters is 2. The summed E-state index contributed by atoms with van der Waals surface area (Å²) in [6.45, 7) is 18.1. The Labute approximate surface area is 493 Å². The molecule has 1 saturated carbocycles. The van der Waals surface area contributed by atoms with E-state index in [1.165, 1.54) is 13.8 Å². The van der Waals surface area contributed by atoms with Gasteiger partial charge in [-0.1, -0.05) is 114 Å². The van der Waals surface area contributed by atoms with Crippen molar-refractivity contribution in [2.45, 2.75) is 143 Å². The van der Waals surface area contributed by atoms with Crippen LogP contribution in [-0.4, -0.2) is 84.8 Å². The maximum Gasteiger partial charge on any atom is 0.453 e. The Kier molecular flexibility index (Phi) is 22.1. The van der Waals surface area contributed by atoms with Crippen molar-refractivity contribution in [1.82, 2.24) is 10.6 Å². The third kappa shape index (κ3) is 16.1. The first-order valence-electron chi connectivity index (χ1n) is 29.6. The Hall–Kier alpha value is -7.34. The highest BCUT2D eigenvalue weighted by atomic mass is 17.2. The largest absolute Gasteiger partial charge is 0.491 e. The molecular weight excluding hydrogens is 1080 g/mol. The van der Waals surface area contributed by atoms with Gasteiger partial charge in [-0.15, -0.1) is 0 Å². The smallest absolute Gasteiger partial charge is 0.453 e.